The van der Waals surface area contributed by atoms with Crippen LogP contribution in [0.5, 0.6) is 11.5 Å². The lowest BCUT2D eigenvalue weighted by Crippen LogP contribution is -2.16. The van der Waals surface area contributed by atoms with Crippen LogP contribution in [0.1, 0.15) is 16.1 Å². The molecule has 4 rings (SSSR count). The van der Waals surface area contributed by atoms with Gasteiger partial charge < -0.3 is 14.3 Å². The normalized spacial score (nSPS) is 11.3. The van der Waals surface area contributed by atoms with E-state index in [1.165, 1.54) is 13.3 Å². The van der Waals surface area contributed by atoms with Gasteiger partial charge in [0.15, 0.2) is 17.1 Å². The van der Waals surface area contributed by atoms with Gasteiger partial charge in [0.1, 0.15) is 5.75 Å². The number of para-hydroxylation sites is 1. The first-order valence-electron chi connectivity index (χ1n) is 8.28. The number of phenolic OH excluding ortho intramolecular Hbond substituents is 1. The second-order valence-corrected chi connectivity index (χ2v) is 5.91. The molecular weight excluding hydrogens is 344 g/mol. The molecule has 0 saturated carbocycles. The Balaban J connectivity index is 1.59. The fourth-order valence-corrected chi connectivity index (χ4v) is 2.94. The molecule has 3 aromatic carbocycles. The number of hydrogen-bond donors (Lipinski definition) is 2. The van der Waals surface area contributed by atoms with E-state index in [1.54, 1.807) is 18.2 Å². The van der Waals surface area contributed by atoms with Crippen molar-refractivity contribution in [2.24, 2.45) is 5.10 Å². The second kappa shape index (κ2) is 6.84. The summed E-state index contributed by atoms with van der Waals surface area (Å²) in [6, 6.07) is 18.1. The molecule has 0 radical (unpaired) electrons. The van der Waals surface area contributed by atoms with Crippen molar-refractivity contribution >= 4 is 33.9 Å². The number of furan rings is 1. The number of ether oxygens (including phenoxy) is 1. The third-order valence-corrected chi connectivity index (χ3v) is 4.26. The summed E-state index contributed by atoms with van der Waals surface area (Å²) in [5.41, 5.74) is 3.45. The van der Waals surface area contributed by atoms with E-state index in [1.807, 2.05) is 42.5 Å². The largest absolute Gasteiger partial charge is 0.507 e. The molecule has 0 bridgehead atoms. The van der Waals surface area contributed by atoms with Gasteiger partial charge in [-0.3, -0.25) is 4.79 Å². The van der Waals surface area contributed by atoms with Crippen LogP contribution in [0.3, 0.4) is 0 Å². The number of methoxy groups -OCH3 is 1. The van der Waals surface area contributed by atoms with Crippen molar-refractivity contribution in [2.75, 3.05) is 7.11 Å². The molecule has 0 fully saturated rings. The maximum Gasteiger partial charge on any atom is 0.307 e. The zero-order valence-electron chi connectivity index (χ0n) is 14.5. The minimum absolute atomic E-state index is 0.0835. The monoisotopic (exact) mass is 360 g/mol. The van der Waals surface area contributed by atoms with Gasteiger partial charge in [0.05, 0.1) is 13.3 Å². The molecule has 0 aliphatic heterocycles. The van der Waals surface area contributed by atoms with Crippen molar-refractivity contribution < 1.29 is 19.1 Å². The fraction of sp³-hybridized carbons (Fsp3) is 0.0476. The maximum atomic E-state index is 12.3. The number of amides is 1. The Kier molecular flexibility index (Phi) is 4.22. The minimum Gasteiger partial charge on any atom is -0.507 e. The molecule has 4 aromatic rings. The lowest BCUT2D eigenvalue weighted by atomic mass is 10.0. The van der Waals surface area contributed by atoms with Crippen molar-refractivity contribution in [1.29, 1.82) is 0 Å². The SMILES string of the molecule is COc1cccc2cc(C(=O)N/N=C\c3c(O)ccc4ccccc34)oc12. The van der Waals surface area contributed by atoms with Gasteiger partial charge in [-0.2, -0.15) is 5.10 Å². The molecule has 6 heteroatoms. The van der Waals surface area contributed by atoms with Gasteiger partial charge in [0, 0.05) is 10.9 Å². The van der Waals surface area contributed by atoms with E-state index >= 15 is 0 Å². The predicted molar refractivity (Wildman–Crippen MR) is 103 cm³/mol. The number of nitrogens with one attached hydrogen (secondary N) is 1. The highest BCUT2D eigenvalue weighted by Gasteiger charge is 2.14. The molecule has 0 spiro atoms. The van der Waals surface area contributed by atoms with Gasteiger partial charge in [-0.05, 0) is 29.0 Å². The summed E-state index contributed by atoms with van der Waals surface area (Å²) in [6.45, 7) is 0. The lowest BCUT2D eigenvalue weighted by molar-refractivity contribution is 0.0929. The van der Waals surface area contributed by atoms with E-state index in [9.17, 15) is 9.90 Å². The van der Waals surface area contributed by atoms with Crippen LogP contribution in [0.4, 0.5) is 0 Å². The van der Waals surface area contributed by atoms with Crippen molar-refractivity contribution in [3.05, 3.63) is 72.0 Å². The molecule has 27 heavy (non-hydrogen) atoms. The molecular formula is C21H16N2O4. The van der Waals surface area contributed by atoms with Crippen molar-refractivity contribution in [1.82, 2.24) is 5.43 Å². The van der Waals surface area contributed by atoms with E-state index in [0.29, 0.717) is 16.9 Å². The Bertz CT molecular complexity index is 1180. The highest BCUT2D eigenvalue weighted by Crippen LogP contribution is 2.28. The third kappa shape index (κ3) is 3.08. The van der Waals surface area contributed by atoms with E-state index < -0.39 is 5.91 Å². The third-order valence-electron chi connectivity index (χ3n) is 4.26. The molecule has 0 unspecified atom stereocenters. The average molecular weight is 360 g/mol. The molecule has 0 aliphatic carbocycles. The Morgan fingerprint density at radius 1 is 1.11 bits per heavy atom. The van der Waals surface area contributed by atoms with Crippen LogP contribution in [0.25, 0.3) is 21.7 Å². The van der Waals surface area contributed by atoms with Crippen LogP contribution in [-0.2, 0) is 0 Å². The molecule has 0 atom stereocenters. The van der Waals surface area contributed by atoms with E-state index in [2.05, 4.69) is 10.5 Å². The molecule has 2 N–H and O–H groups in total. The lowest BCUT2D eigenvalue weighted by Gasteiger charge is -2.04. The number of fused-ring (bicyclic) bond motifs is 2. The van der Waals surface area contributed by atoms with Crippen molar-refractivity contribution in [3.8, 4) is 11.5 Å². The van der Waals surface area contributed by atoms with Gasteiger partial charge in [-0.1, -0.05) is 42.5 Å². The van der Waals surface area contributed by atoms with Crippen LogP contribution >= 0.6 is 0 Å². The zero-order valence-corrected chi connectivity index (χ0v) is 14.5. The first-order chi connectivity index (χ1) is 13.2. The quantitative estimate of drug-likeness (QED) is 0.424. The Labute approximate surface area is 154 Å². The summed E-state index contributed by atoms with van der Waals surface area (Å²) >= 11 is 0. The van der Waals surface area contributed by atoms with Crippen LogP contribution in [0.2, 0.25) is 0 Å². The van der Waals surface area contributed by atoms with E-state index in [-0.39, 0.29) is 11.5 Å². The van der Waals surface area contributed by atoms with Crippen molar-refractivity contribution in [3.63, 3.8) is 0 Å². The molecule has 1 amide bonds. The number of benzene rings is 3. The number of hydrazone groups is 1. The first kappa shape index (κ1) is 16.7. The number of nitrogens with zero attached hydrogens (tertiary/aromatic N) is 1. The second-order valence-electron chi connectivity index (χ2n) is 5.91. The average Bonchev–Trinajstić information content (AvgIpc) is 3.14. The van der Waals surface area contributed by atoms with Gasteiger partial charge in [0.2, 0.25) is 0 Å². The highest BCUT2D eigenvalue weighted by atomic mass is 16.5. The minimum atomic E-state index is -0.496. The molecule has 134 valence electrons. The Morgan fingerprint density at radius 3 is 2.78 bits per heavy atom. The van der Waals surface area contributed by atoms with Gasteiger partial charge >= 0.3 is 5.91 Å². The summed E-state index contributed by atoms with van der Waals surface area (Å²) < 4.78 is 10.8. The molecule has 0 saturated heterocycles. The van der Waals surface area contributed by atoms with Crippen LogP contribution < -0.4 is 10.2 Å². The molecule has 1 heterocycles. The Morgan fingerprint density at radius 2 is 1.93 bits per heavy atom. The standard InChI is InChI=1S/C21H16N2O4/c1-26-18-8-4-6-14-11-19(27-20(14)18)21(25)23-22-12-16-15-7-3-2-5-13(15)9-10-17(16)24/h2-12,24H,1H3,(H,23,25)/b22-12-. The summed E-state index contributed by atoms with van der Waals surface area (Å²) in [7, 11) is 1.54. The Hall–Kier alpha value is -3.80. The number of carbonyl (C=O) groups is 1. The van der Waals surface area contributed by atoms with Crippen LogP contribution in [-0.4, -0.2) is 24.3 Å². The summed E-state index contributed by atoms with van der Waals surface area (Å²) in [4.78, 5) is 12.3. The topological polar surface area (TPSA) is 84.1 Å². The predicted octanol–water partition coefficient (Wildman–Crippen LogP) is 4.06. The van der Waals surface area contributed by atoms with Gasteiger partial charge in [-0.15, -0.1) is 0 Å². The summed E-state index contributed by atoms with van der Waals surface area (Å²) in [5.74, 6) is 0.258. The molecule has 0 aliphatic rings. The maximum absolute atomic E-state index is 12.3. The number of hydrogen-bond acceptors (Lipinski definition) is 5. The number of carbonyl (C=O) groups excluding carboxylic acids is 1. The number of rotatable bonds is 4. The van der Waals surface area contributed by atoms with Gasteiger partial charge in [0.25, 0.3) is 0 Å². The molecule has 6 nitrogen and oxygen atoms in total. The zero-order chi connectivity index (χ0) is 18.8. The fourth-order valence-electron chi connectivity index (χ4n) is 2.94. The number of aromatic hydroxyl groups is 1. The first-order valence-corrected chi connectivity index (χ1v) is 8.28. The van der Waals surface area contributed by atoms with Crippen LogP contribution in [0, 0.1) is 0 Å². The smallest absolute Gasteiger partial charge is 0.307 e. The summed E-state index contributed by atoms with van der Waals surface area (Å²) in [5, 5.41) is 16.6. The van der Waals surface area contributed by atoms with Crippen molar-refractivity contribution in [2.45, 2.75) is 0 Å². The van der Waals surface area contributed by atoms with E-state index in [4.69, 9.17) is 9.15 Å². The molecule has 1 aromatic heterocycles. The van der Waals surface area contributed by atoms with Gasteiger partial charge in [-0.25, -0.2) is 5.43 Å². The van der Waals surface area contributed by atoms with E-state index in [0.717, 1.165) is 16.2 Å². The number of phenols is 1. The van der Waals surface area contributed by atoms with Crippen LogP contribution in [0.15, 0.2) is 70.2 Å². The highest BCUT2D eigenvalue weighted by molar-refractivity contribution is 6.03. The summed E-state index contributed by atoms with van der Waals surface area (Å²) in [6.07, 6.45) is 1.42.